The molecule has 0 radical (unpaired) electrons. The van der Waals surface area contributed by atoms with Crippen LogP contribution in [0.25, 0.3) is 0 Å². The zero-order valence-electron chi connectivity index (χ0n) is 10.7. The monoisotopic (exact) mass is 320 g/mol. The number of aliphatic hydroxyl groups is 1. The largest absolute Gasteiger partial charge is 0.394 e. The van der Waals surface area contributed by atoms with Crippen molar-refractivity contribution in [1.29, 1.82) is 0 Å². The lowest BCUT2D eigenvalue weighted by Gasteiger charge is -2.17. The summed E-state index contributed by atoms with van der Waals surface area (Å²) in [6.07, 6.45) is 0.229. The second kappa shape index (κ2) is 7.42. The number of halogens is 2. The molecule has 0 spiro atoms. The van der Waals surface area contributed by atoms with Crippen LogP contribution in [0.5, 0.6) is 0 Å². The highest BCUT2D eigenvalue weighted by Crippen LogP contribution is 2.26. The van der Waals surface area contributed by atoms with Gasteiger partial charge in [-0.3, -0.25) is 14.9 Å². The molecule has 2 N–H and O–H groups in total. The van der Waals surface area contributed by atoms with Gasteiger partial charge in [0.15, 0.2) is 0 Å². The summed E-state index contributed by atoms with van der Waals surface area (Å²) >= 11 is 11.3. The van der Waals surface area contributed by atoms with Gasteiger partial charge in [-0.15, -0.1) is 11.6 Å². The Morgan fingerprint density at radius 1 is 1.55 bits per heavy atom. The van der Waals surface area contributed by atoms with Crippen LogP contribution in [-0.2, 0) is 11.2 Å². The minimum atomic E-state index is -0.571. The first-order valence-electron chi connectivity index (χ1n) is 5.78. The molecule has 6 nitrogen and oxygen atoms in total. The Hall–Kier alpha value is -1.37. The normalized spacial score (nSPS) is 12.0. The number of nitrogens with one attached hydrogen (secondary N) is 1. The number of benzene rings is 1. The summed E-state index contributed by atoms with van der Waals surface area (Å²) in [5.74, 6) is -0.634. The average Bonchev–Trinajstić information content (AvgIpc) is 2.42. The fourth-order valence-corrected chi connectivity index (χ4v) is 2.04. The first kappa shape index (κ1) is 16.7. The molecule has 0 aliphatic rings. The number of amides is 1. The molecule has 20 heavy (non-hydrogen) atoms. The summed E-state index contributed by atoms with van der Waals surface area (Å²) in [6.45, 7) is 1.42. The number of alkyl halides is 1. The van der Waals surface area contributed by atoms with Crippen molar-refractivity contribution in [2.45, 2.75) is 19.4 Å². The van der Waals surface area contributed by atoms with Crippen molar-refractivity contribution >= 4 is 34.8 Å². The number of nitrogens with zero attached hydrogens (tertiary/aromatic N) is 1. The van der Waals surface area contributed by atoms with Gasteiger partial charge in [0.2, 0.25) is 5.91 Å². The highest BCUT2D eigenvalue weighted by Gasteiger charge is 2.17. The molecule has 1 rings (SSSR count). The maximum atomic E-state index is 11.2. The number of hydrogen-bond acceptors (Lipinski definition) is 4. The maximum Gasteiger partial charge on any atom is 0.271 e. The van der Waals surface area contributed by atoms with Crippen molar-refractivity contribution in [3.63, 3.8) is 0 Å². The van der Waals surface area contributed by atoms with Crippen LogP contribution >= 0.6 is 23.2 Å². The third-order valence-electron chi connectivity index (χ3n) is 2.82. The molecule has 0 bridgehead atoms. The van der Waals surface area contributed by atoms with Crippen molar-refractivity contribution in [2.75, 3.05) is 12.5 Å². The van der Waals surface area contributed by atoms with Gasteiger partial charge in [-0.1, -0.05) is 11.6 Å². The highest BCUT2D eigenvalue weighted by atomic mass is 35.5. The van der Waals surface area contributed by atoms with E-state index in [-0.39, 0.29) is 29.6 Å². The number of nitro benzene ring substituents is 1. The summed E-state index contributed by atoms with van der Waals surface area (Å²) in [6, 6.07) is 2.08. The number of non-ortho nitro benzene ring substituents is 1. The SMILES string of the molecule is Cc1c(Cl)cc([N+](=O)[O-])cc1CC(CO)NC(=O)CCl. The van der Waals surface area contributed by atoms with Gasteiger partial charge in [-0.2, -0.15) is 0 Å². The summed E-state index contributed by atoms with van der Waals surface area (Å²) in [4.78, 5) is 21.5. The van der Waals surface area contributed by atoms with Crippen molar-refractivity contribution in [3.8, 4) is 0 Å². The van der Waals surface area contributed by atoms with Gasteiger partial charge in [-0.25, -0.2) is 0 Å². The number of carbonyl (C=O) groups is 1. The van der Waals surface area contributed by atoms with Gasteiger partial charge in [0, 0.05) is 12.1 Å². The third-order valence-corrected chi connectivity index (χ3v) is 3.46. The van der Waals surface area contributed by atoms with Gasteiger partial charge in [0.25, 0.3) is 5.69 Å². The topological polar surface area (TPSA) is 92.5 Å². The third kappa shape index (κ3) is 4.33. The first-order valence-corrected chi connectivity index (χ1v) is 6.69. The fraction of sp³-hybridized carbons (Fsp3) is 0.417. The predicted molar refractivity (Wildman–Crippen MR) is 76.3 cm³/mol. The minimum absolute atomic E-state index is 0.129. The zero-order chi connectivity index (χ0) is 15.3. The molecule has 110 valence electrons. The number of rotatable bonds is 6. The van der Waals surface area contributed by atoms with Gasteiger partial charge in [-0.05, 0) is 24.5 Å². The zero-order valence-corrected chi connectivity index (χ0v) is 12.2. The molecule has 1 aromatic rings. The molecular formula is C12H14Cl2N2O4. The summed E-state index contributed by atoms with van der Waals surface area (Å²) < 4.78 is 0. The van der Waals surface area contributed by atoms with E-state index < -0.39 is 16.9 Å². The van der Waals surface area contributed by atoms with E-state index in [0.29, 0.717) is 11.1 Å². The standard InChI is InChI=1S/C12H14Cl2N2O4/c1-7-8(2-9(6-17)15-12(18)5-13)3-10(16(19)20)4-11(7)14/h3-4,9,17H,2,5-6H2,1H3,(H,15,18). The van der Waals surface area contributed by atoms with E-state index in [9.17, 15) is 20.0 Å². The van der Waals surface area contributed by atoms with E-state index >= 15 is 0 Å². The lowest BCUT2D eigenvalue weighted by atomic mass is 10.0. The summed E-state index contributed by atoms with van der Waals surface area (Å²) in [5, 5.41) is 22.9. The second-order valence-electron chi connectivity index (χ2n) is 4.25. The van der Waals surface area contributed by atoms with E-state index in [2.05, 4.69) is 5.32 Å². The molecule has 0 aromatic heterocycles. The first-order chi connectivity index (χ1) is 9.38. The number of aliphatic hydroxyl groups excluding tert-OH is 1. The smallest absolute Gasteiger partial charge is 0.271 e. The van der Waals surface area contributed by atoms with Crippen LogP contribution < -0.4 is 5.32 Å². The van der Waals surface area contributed by atoms with Crippen LogP contribution in [0.2, 0.25) is 5.02 Å². The van der Waals surface area contributed by atoms with E-state index in [1.165, 1.54) is 12.1 Å². The lowest BCUT2D eigenvalue weighted by molar-refractivity contribution is -0.384. The Bertz CT molecular complexity index is 522. The Balaban J connectivity index is 3.00. The molecule has 1 amide bonds. The van der Waals surface area contributed by atoms with Crippen LogP contribution in [0.1, 0.15) is 11.1 Å². The summed E-state index contributed by atoms with van der Waals surface area (Å²) in [5.41, 5.74) is 1.14. The van der Waals surface area contributed by atoms with Gasteiger partial charge in [0.1, 0.15) is 5.88 Å². The molecule has 8 heteroatoms. The molecule has 1 atom stereocenters. The molecule has 0 heterocycles. The maximum absolute atomic E-state index is 11.2. The van der Waals surface area contributed by atoms with Gasteiger partial charge in [0.05, 0.1) is 22.6 Å². The molecule has 1 unspecified atom stereocenters. The van der Waals surface area contributed by atoms with Gasteiger partial charge < -0.3 is 10.4 Å². The Morgan fingerprint density at radius 3 is 2.70 bits per heavy atom. The average molecular weight is 321 g/mol. The molecule has 0 aliphatic heterocycles. The Morgan fingerprint density at radius 2 is 2.20 bits per heavy atom. The molecule has 0 saturated heterocycles. The second-order valence-corrected chi connectivity index (χ2v) is 4.93. The number of carbonyl (C=O) groups excluding carboxylic acids is 1. The van der Waals surface area contributed by atoms with Crippen LogP contribution in [0, 0.1) is 17.0 Å². The molecule has 0 saturated carbocycles. The predicted octanol–water partition coefficient (Wildman–Crippen LogP) is 1.82. The van der Waals surface area contributed by atoms with Crippen molar-refractivity contribution in [2.24, 2.45) is 0 Å². The van der Waals surface area contributed by atoms with Crippen LogP contribution in [0.3, 0.4) is 0 Å². The van der Waals surface area contributed by atoms with Crippen molar-refractivity contribution < 1.29 is 14.8 Å². The quantitative estimate of drug-likeness (QED) is 0.475. The fourth-order valence-electron chi connectivity index (χ4n) is 1.73. The van der Waals surface area contributed by atoms with E-state index in [4.69, 9.17) is 23.2 Å². The Labute approximate surface area is 125 Å². The van der Waals surface area contributed by atoms with Crippen LogP contribution in [0.15, 0.2) is 12.1 Å². The van der Waals surface area contributed by atoms with E-state index in [0.717, 1.165) is 0 Å². The number of nitro groups is 1. The molecular weight excluding hydrogens is 307 g/mol. The molecule has 0 aliphatic carbocycles. The summed E-state index contributed by atoms with van der Waals surface area (Å²) in [7, 11) is 0. The number of hydrogen-bond donors (Lipinski definition) is 2. The van der Waals surface area contributed by atoms with Gasteiger partial charge >= 0.3 is 0 Å². The Kier molecular flexibility index (Phi) is 6.19. The lowest BCUT2D eigenvalue weighted by Crippen LogP contribution is -2.39. The van der Waals surface area contributed by atoms with E-state index in [1.807, 2.05) is 0 Å². The van der Waals surface area contributed by atoms with Crippen LogP contribution in [-0.4, -0.2) is 34.5 Å². The molecule has 0 fully saturated rings. The minimum Gasteiger partial charge on any atom is -0.394 e. The van der Waals surface area contributed by atoms with E-state index in [1.54, 1.807) is 6.92 Å². The van der Waals surface area contributed by atoms with Crippen molar-refractivity contribution in [3.05, 3.63) is 38.4 Å². The van der Waals surface area contributed by atoms with Crippen LogP contribution in [0.4, 0.5) is 5.69 Å². The molecule has 1 aromatic carbocycles. The van der Waals surface area contributed by atoms with Crippen molar-refractivity contribution in [1.82, 2.24) is 5.32 Å². The highest BCUT2D eigenvalue weighted by molar-refractivity contribution is 6.31.